The molecule has 1 N–H and O–H groups in total. The fraction of sp³-hybridized carbons (Fsp3) is 0.429. The van der Waals surface area contributed by atoms with E-state index in [1.807, 2.05) is 28.4 Å². The first-order valence-corrected chi connectivity index (χ1v) is 13.4. The average Bonchev–Trinajstić information content (AvgIpc) is 3.28. The number of fused-ring (bicyclic) bond motifs is 1. The number of hydrogen-bond acceptors (Lipinski definition) is 5. The quantitative estimate of drug-likeness (QED) is 0.504. The molecule has 5 rings (SSSR count). The summed E-state index contributed by atoms with van der Waals surface area (Å²) in [6.07, 6.45) is 11.1. The Kier molecular flexibility index (Phi) is 6.79. The van der Waals surface area contributed by atoms with Gasteiger partial charge in [0.2, 0.25) is 17.7 Å². The molecular weight excluding hydrogens is 472 g/mol. The van der Waals surface area contributed by atoms with E-state index in [-0.39, 0.29) is 17.7 Å². The molecule has 0 aliphatic carbocycles. The van der Waals surface area contributed by atoms with Crippen molar-refractivity contribution in [2.45, 2.75) is 46.0 Å². The van der Waals surface area contributed by atoms with Crippen LogP contribution >= 0.6 is 11.3 Å². The van der Waals surface area contributed by atoms with Crippen LogP contribution in [0.1, 0.15) is 47.1 Å². The lowest BCUT2D eigenvalue weighted by molar-refractivity contribution is -0.136. The fourth-order valence-corrected chi connectivity index (χ4v) is 6.30. The summed E-state index contributed by atoms with van der Waals surface area (Å²) in [5.74, 6) is 0.642. The van der Waals surface area contributed by atoms with Crippen LogP contribution in [0.2, 0.25) is 0 Å². The first-order chi connectivity index (χ1) is 17.3. The summed E-state index contributed by atoms with van der Waals surface area (Å²) in [5, 5.41) is 2.97. The highest BCUT2D eigenvalue weighted by atomic mass is 32.1. The van der Waals surface area contributed by atoms with E-state index in [2.05, 4.69) is 35.4 Å². The van der Waals surface area contributed by atoms with Crippen molar-refractivity contribution in [2.24, 2.45) is 5.41 Å². The molecule has 3 amide bonds. The number of nitrogens with one attached hydrogen (secondary N) is 1. The number of amides is 3. The summed E-state index contributed by atoms with van der Waals surface area (Å²) in [6, 6.07) is 6.36. The van der Waals surface area contributed by atoms with Crippen LogP contribution in [0, 0.1) is 12.3 Å². The van der Waals surface area contributed by atoms with Crippen LogP contribution in [-0.2, 0) is 27.2 Å². The average molecular weight is 505 g/mol. The Bertz CT molecular complexity index is 1250. The largest absolute Gasteiger partial charge is 0.343 e. The van der Waals surface area contributed by atoms with E-state index in [1.54, 1.807) is 24.1 Å². The number of anilines is 1. The smallest absolute Gasteiger partial charge is 0.246 e. The molecule has 3 aliphatic rings. The van der Waals surface area contributed by atoms with Crippen molar-refractivity contribution in [3.63, 3.8) is 0 Å². The number of likely N-dealkylation sites (tertiary alicyclic amines) is 1. The zero-order valence-corrected chi connectivity index (χ0v) is 21.7. The van der Waals surface area contributed by atoms with Crippen molar-refractivity contribution >= 4 is 41.0 Å². The normalized spacial score (nSPS) is 19.3. The highest BCUT2D eigenvalue weighted by molar-refractivity contribution is 7.11. The Morgan fingerprint density at radius 2 is 2.00 bits per heavy atom. The summed E-state index contributed by atoms with van der Waals surface area (Å²) in [7, 11) is 0. The molecule has 3 aliphatic heterocycles. The standard InChI is InChI=1S/C28H32N4O3S/c1-19-3-5-24(36-19)16-21-7-11-32(12-8-21)25(34)6-4-22-15-23-17-28(27(35)30-26(23)29-18-22)9-13-31(14-10-28)20(2)33/h3-7,15,18H,8-14,16-17H2,1-2H3,(H,29,30,35)/b6-4+. The molecule has 2 aromatic rings. The monoisotopic (exact) mass is 504 g/mol. The van der Waals surface area contributed by atoms with Crippen LogP contribution in [0.3, 0.4) is 0 Å². The zero-order valence-electron chi connectivity index (χ0n) is 20.9. The van der Waals surface area contributed by atoms with Crippen LogP contribution in [0.4, 0.5) is 5.82 Å². The van der Waals surface area contributed by atoms with Crippen LogP contribution in [0.15, 0.2) is 42.1 Å². The molecular formula is C28H32N4O3S. The Morgan fingerprint density at radius 3 is 2.67 bits per heavy atom. The molecule has 8 heteroatoms. The van der Waals surface area contributed by atoms with Gasteiger partial charge in [0.05, 0.1) is 5.41 Å². The minimum atomic E-state index is -0.502. The Hall–Kier alpha value is -3.26. The van der Waals surface area contributed by atoms with Gasteiger partial charge >= 0.3 is 0 Å². The van der Waals surface area contributed by atoms with Crippen LogP contribution < -0.4 is 5.32 Å². The number of hydrogen-bond donors (Lipinski definition) is 1. The van der Waals surface area contributed by atoms with Gasteiger partial charge in [0.15, 0.2) is 0 Å². The second kappa shape index (κ2) is 10.0. The predicted molar refractivity (Wildman–Crippen MR) is 142 cm³/mol. The summed E-state index contributed by atoms with van der Waals surface area (Å²) in [5.41, 5.74) is 2.72. The van der Waals surface area contributed by atoms with E-state index < -0.39 is 5.41 Å². The van der Waals surface area contributed by atoms with Crippen molar-refractivity contribution in [3.8, 4) is 0 Å². The molecule has 0 unspecified atom stereocenters. The van der Waals surface area contributed by atoms with E-state index in [0.29, 0.717) is 44.7 Å². The maximum absolute atomic E-state index is 12.9. The molecule has 7 nitrogen and oxygen atoms in total. The number of piperidine rings is 1. The third-order valence-electron chi connectivity index (χ3n) is 7.63. The first kappa shape index (κ1) is 24.4. The number of carbonyl (C=O) groups is 3. The first-order valence-electron chi connectivity index (χ1n) is 12.6. The van der Waals surface area contributed by atoms with Gasteiger partial charge in [-0.05, 0) is 68.0 Å². The minimum Gasteiger partial charge on any atom is -0.343 e. The van der Waals surface area contributed by atoms with Gasteiger partial charge in [-0.1, -0.05) is 11.6 Å². The third kappa shape index (κ3) is 5.14. The summed E-state index contributed by atoms with van der Waals surface area (Å²) in [6.45, 7) is 6.26. The van der Waals surface area contributed by atoms with Gasteiger partial charge < -0.3 is 15.1 Å². The van der Waals surface area contributed by atoms with Crippen LogP contribution in [0.25, 0.3) is 6.08 Å². The molecule has 5 heterocycles. The van der Waals surface area contributed by atoms with Crippen molar-refractivity contribution in [2.75, 3.05) is 31.5 Å². The molecule has 2 aromatic heterocycles. The second-order valence-electron chi connectivity index (χ2n) is 10.1. The Balaban J connectivity index is 1.21. The van der Waals surface area contributed by atoms with E-state index in [1.165, 1.54) is 15.3 Å². The van der Waals surface area contributed by atoms with Crippen molar-refractivity contribution in [1.82, 2.24) is 14.8 Å². The van der Waals surface area contributed by atoms with Gasteiger partial charge in [-0.25, -0.2) is 4.98 Å². The Labute approximate surface area is 215 Å². The molecule has 1 spiro atoms. The molecule has 0 radical (unpaired) electrons. The maximum Gasteiger partial charge on any atom is 0.246 e. The topological polar surface area (TPSA) is 82.6 Å². The van der Waals surface area contributed by atoms with Crippen LogP contribution in [0.5, 0.6) is 0 Å². The highest BCUT2D eigenvalue weighted by Gasteiger charge is 2.45. The number of rotatable bonds is 4. The number of aryl methyl sites for hydroxylation is 1. The lowest BCUT2D eigenvalue weighted by atomic mass is 9.71. The van der Waals surface area contributed by atoms with Gasteiger partial charge in [0.25, 0.3) is 0 Å². The predicted octanol–water partition coefficient (Wildman–Crippen LogP) is 3.99. The van der Waals surface area contributed by atoms with E-state index in [0.717, 1.165) is 30.5 Å². The molecule has 36 heavy (non-hydrogen) atoms. The second-order valence-corrected chi connectivity index (χ2v) is 11.5. The summed E-state index contributed by atoms with van der Waals surface area (Å²) in [4.78, 5) is 48.2. The van der Waals surface area contributed by atoms with Crippen molar-refractivity contribution < 1.29 is 14.4 Å². The molecule has 188 valence electrons. The number of thiophene rings is 1. The van der Waals surface area contributed by atoms with E-state index >= 15 is 0 Å². The summed E-state index contributed by atoms with van der Waals surface area (Å²) >= 11 is 1.84. The number of pyridine rings is 1. The van der Waals surface area contributed by atoms with Gasteiger partial charge in [0.1, 0.15) is 5.82 Å². The van der Waals surface area contributed by atoms with Crippen LogP contribution in [-0.4, -0.2) is 58.7 Å². The molecule has 0 aromatic carbocycles. The number of nitrogens with zero attached hydrogens (tertiary/aromatic N) is 3. The minimum absolute atomic E-state index is 0.00336. The van der Waals surface area contributed by atoms with Crippen molar-refractivity contribution in [1.29, 1.82) is 0 Å². The molecule has 0 bridgehead atoms. The molecule has 0 atom stereocenters. The number of carbonyl (C=O) groups excluding carboxylic acids is 3. The van der Waals surface area contributed by atoms with Gasteiger partial charge in [-0.15, -0.1) is 11.3 Å². The zero-order chi connectivity index (χ0) is 25.3. The SMILES string of the molecule is CC(=O)N1CCC2(CC1)Cc1cc(/C=C/C(=O)N3CC=C(Cc4ccc(C)s4)CC3)cnc1NC2=O. The molecule has 1 fully saturated rings. The van der Waals surface area contributed by atoms with Crippen molar-refractivity contribution in [3.05, 3.63) is 63.0 Å². The highest BCUT2D eigenvalue weighted by Crippen LogP contribution is 2.41. The molecule has 1 saturated heterocycles. The third-order valence-corrected chi connectivity index (χ3v) is 8.63. The number of aromatic nitrogens is 1. The van der Waals surface area contributed by atoms with Gasteiger partial charge in [0, 0.05) is 61.6 Å². The van der Waals surface area contributed by atoms with E-state index in [9.17, 15) is 14.4 Å². The molecule has 0 saturated carbocycles. The van der Waals surface area contributed by atoms with Gasteiger partial charge in [-0.3, -0.25) is 14.4 Å². The summed E-state index contributed by atoms with van der Waals surface area (Å²) < 4.78 is 0. The van der Waals surface area contributed by atoms with Gasteiger partial charge in [-0.2, -0.15) is 0 Å². The maximum atomic E-state index is 12.9. The van der Waals surface area contributed by atoms with E-state index in [4.69, 9.17) is 0 Å². The Morgan fingerprint density at radius 1 is 1.19 bits per heavy atom. The fourth-order valence-electron chi connectivity index (χ4n) is 5.35. The lowest BCUT2D eigenvalue weighted by Crippen LogP contribution is -2.50. The lowest BCUT2D eigenvalue weighted by Gasteiger charge is -2.42.